The lowest BCUT2D eigenvalue weighted by molar-refractivity contribution is 0.822. The molecule has 0 nitrogen and oxygen atoms in total. The molecule has 0 aliphatic heterocycles. The quantitative estimate of drug-likeness (QED) is 0.421. The van der Waals surface area contributed by atoms with Crippen molar-refractivity contribution in [3.63, 3.8) is 0 Å². The van der Waals surface area contributed by atoms with E-state index in [9.17, 15) is 0 Å². The van der Waals surface area contributed by atoms with Crippen molar-refractivity contribution in [2.45, 2.75) is 26.2 Å². The average molecular weight is 157 g/mol. The van der Waals surface area contributed by atoms with Crippen LogP contribution in [-0.4, -0.2) is 11.5 Å². The number of hydrogen-bond donors (Lipinski definition) is 0. The molecule has 0 saturated carbocycles. The van der Waals surface area contributed by atoms with Crippen molar-refractivity contribution in [1.82, 2.24) is 0 Å². The lowest BCUT2D eigenvalue weighted by atomic mass is 10.2. The Balaban J connectivity index is 2.77. The fourth-order valence-electron chi connectivity index (χ4n) is 0.735. The SMILES string of the molecule is [CH2]CSCCCCC=CC. The Bertz CT molecular complexity index is 76.8. The highest BCUT2D eigenvalue weighted by molar-refractivity contribution is 7.99. The fraction of sp³-hybridized carbons (Fsp3) is 0.667. The van der Waals surface area contributed by atoms with Crippen molar-refractivity contribution in [2.24, 2.45) is 0 Å². The van der Waals surface area contributed by atoms with Gasteiger partial charge in [0.05, 0.1) is 0 Å². The third-order valence-corrected chi connectivity index (χ3v) is 2.16. The summed E-state index contributed by atoms with van der Waals surface area (Å²) in [6.07, 6.45) is 8.26. The minimum atomic E-state index is 1.02. The van der Waals surface area contributed by atoms with E-state index < -0.39 is 0 Å². The molecule has 59 valence electrons. The molecule has 0 spiro atoms. The lowest BCUT2D eigenvalue weighted by Gasteiger charge is -1.95. The molecule has 10 heavy (non-hydrogen) atoms. The van der Waals surface area contributed by atoms with Crippen LogP contribution in [0.15, 0.2) is 12.2 Å². The molecule has 0 aromatic rings. The molecule has 0 aromatic heterocycles. The third-order valence-electron chi connectivity index (χ3n) is 1.29. The van der Waals surface area contributed by atoms with Crippen molar-refractivity contribution >= 4 is 11.8 Å². The summed E-state index contributed by atoms with van der Waals surface area (Å²) in [5, 5.41) is 0. The second-order valence-electron chi connectivity index (χ2n) is 2.18. The zero-order valence-corrected chi connectivity index (χ0v) is 7.62. The molecular formula is C9H17S. The van der Waals surface area contributed by atoms with E-state index in [0.717, 1.165) is 5.75 Å². The number of hydrogen-bond acceptors (Lipinski definition) is 1. The number of rotatable bonds is 6. The van der Waals surface area contributed by atoms with Gasteiger partial charge in [-0.05, 0) is 44.6 Å². The predicted octanol–water partition coefficient (Wildman–Crippen LogP) is 3.30. The summed E-state index contributed by atoms with van der Waals surface area (Å²) in [6, 6.07) is 0. The first-order valence-corrected chi connectivity index (χ1v) is 5.05. The Morgan fingerprint density at radius 2 is 2.20 bits per heavy atom. The van der Waals surface area contributed by atoms with E-state index >= 15 is 0 Å². The van der Waals surface area contributed by atoms with Crippen molar-refractivity contribution in [3.05, 3.63) is 19.1 Å². The van der Waals surface area contributed by atoms with E-state index in [1.165, 1.54) is 25.0 Å². The summed E-state index contributed by atoms with van der Waals surface area (Å²) in [4.78, 5) is 0. The molecule has 0 fully saturated rings. The smallest absolute Gasteiger partial charge is 0.00672 e. The summed E-state index contributed by atoms with van der Waals surface area (Å²) in [5.41, 5.74) is 0. The Morgan fingerprint density at radius 3 is 2.80 bits per heavy atom. The zero-order valence-electron chi connectivity index (χ0n) is 6.81. The third kappa shape index (κ3) is 8.09. The predicted molar refractivity (Wildman–Crippen MR) is 51.3 cm³/mol. The molecular weight excluding hydrogens is 140 g/mol. The molecule has 0 amide bonds. The Hall–Kier alpha value is 0.0900. The average Bonchev–Trinajstić information content (AvgIpc) is 1.97. The molecule has 0 saturated heterocycles. The van der Waals surface area contributed by atoms with Crippen LogP contribution in [0.25, 0.3) is 0 Å². The summed E-state index contributed by atoms with van der Waals surface area (Å²) >= 11 is 1.93. The molecule has 0 bridgehead atoms. The van der Waals surface area contributed by atoms with Crippen LogP contribution in [0.2, 0.25) is 0 Å². The van der Waals surface area contributed by atoms with Gasteiger partial charge < -0.3 is 0 Å². The number of thioether (sulfide) groups is 1. The fourth-order valence-corrected chi connectivity index (χ4v) is 1.35. The van der Waals surface area contributed by atoms with Crippen LogP contribution in [0.4, 0.5) is 0 Å². The van der Waals surface area contributed by atoms with Crippen LogP contribution < -0.4 is 0 Å². The second kappa shape index (κ2) is 9.09. The van der Waals surface area contributed by atoms with Crippen LogP contribution in [-0.2, 0) is 0 Å². The van der Waals surface area contributed by atoms with E-state index in [0.29, 0.717) is 0 Å². The highest BCUT2D eigenvalue weighted by Gasteiger charge is 1.85. The van der Waals surface area contributed by atoms with Gasteiger partial charge in [-0.2, -0.15) is 11.8 Å². The maximum Gasteiger partial charge on any atom is -0.00672 e. The minimum absolute atomic E-state index is 1.02. The Labute approximate surface area is 69.1 Å². The van der Waals surface area contributed by atoms with E-state index in [1.54, 1.807) is 0 Å². The summed E-state index contributed by atoms with van der Waals surface area (Å²) in [5.74, 6) is 2.30. The van der Waals surface area contributed by atoms with Gasteiger partial charge in [-0.15, -0.1) is 0 Å². The first-order chi connectivity index (χ1) is 4.91. The molecule has 0 aliphatic carbocycles. The standard InChI is InChI=1S/C9H17S/c1-3-5-6-7-8-9-10-4-2/h3,5H,2,4,6-9H2,1H3. The summed E-state index contributed by atoms with van der Waals surface area (Å²) in [6.45, 7) is 5.84. The van der Waals surface area contributed by atoms with Crippen molar-refractivity contribution in [2.75, 3.05) is 11.5 Å². The lowest BCUT2D eigenvalue weighted by Crippen LogP contribution is -1.79. The van der Waals surface area contributed by atoms with Crippen molar-refractivity contribution in [3.8, 4) is 0 Å². The van der Waals surface area contributed by atoms with E-state index in [4.69, 9.17) is 0 Å². The van der Waals surface area contributed by atoms with Gasteiger partial charge in [-0.3, -0.25) is 0 Å². The zero-order chi connectivity index (χ0) is 7.66. The molecule has 0 atom stereocenters. The molecule has 1 radical (unpaired) electrons. The first kappa shape index (κ1) is 10.1. The van der Waals surface area contributed by atoms with Crippen LogP contribution in [0.5, 0.6) is 0 Å². The monoisotopic (exact) mass is 157 g/mol. The van der Waals surface area contributed by atoms with Crippen LogP contribution >= 0.6 is 11.8 Å². The summed E-state index contributed by atoms with van der Waals surface area (Å²) < 4.78 is 0. The van der Waals surface area contributed by atoms with Gasteiger partial charge in [0.25, 0.3) is 0 Å². The topological polar surface area (TPSA) is 0 Å². The van der Waals surface area contributed by atoms with Gasteiger partial charge in [-0.25, -0.2) is 0 Å². The van der Waals surface area contributed by atoms with Crippen LogP contribution in [0, 0.1) is 6.92 Å². The molecule has 0 aliphatic rings. The molecule has 1 heteroatoms. The maximum atomic E-state index is 3.77. The Kier molecular flexibility index (Phi) is 9.17. The van der Waals surface area contributed by atoms with Gasteiger partial charge >= 0.3 is 0 Å². The van der Waals surface area contributed by atoms with Crippen molar-refractivity contribution in [1.29, 1.82) is 0 Å². The highest BCUT2D eigenvalue weighted by atomic mass is 32.2. The van der Waals surface area contributed by atoms with E-state index in [2.05, 4.69) is 26.0 Å². The molecule has 0 aromatic carbocycles. The van der Waals surface area contributed by atoms with Gasteiger partial charge in [-0.1, -0.05) is 12.2 Å². The van der Waals surface area contributed by atoms with Gasteiger partial charge in [0.2, 0.25) is 0 Å². The summed E-state index contributed by atoms with van der Waals surface area (Å²) in [7, 11) is 0. The van der Waals surface area contributed by atoms with Gasteiger partial charge in [0, 0.05) is 0 Å². The molecule has 0 heterocycles. The van der Waals surface area contributed by atoms with Crippen LogP contribution in [0.3, 0.4) is 0 Å². The largest absolute Gasteiger partial charge is 0.162 e. The molecule has 0 rings (SSSR count). The minimum Gasteiger partial charge on any atom is -0.162 e. The van der Waals surface area contributed by atoms with Crippen LogP contribution in [0.1, 0.15) is 26.2 Å². The number of unbranched alkanes of at least 4 members (excludes halogenated alkanes) is 2. The second-order valence-corrected chi connectivity index (χ2v) is 3.40. The number of allylic oxidation sites excluding steroid dienone is 2. The molecule has 0 N–H and O–H groups in total. The van der Waals surface area contributed by atoms with Gasteiger partial charge in [0.15, 0.2) is 0 Å². The normalized spacial score (nSPS) is 11.0. The van der Waals surface area contributed by atoms with Crippen molar-refractivity contribution < 1.29 is 0 Å². The Morgan fingerprint density at radius 1 is 1.40 bits per heavy atom. The highest BCUT2D eigenvalue weighted by Crippen LogP contribution is 2.05. The molecule has 0 unspecified atom stereocenters. The van der Waals surface area contributed by atoms with E-state index in [-0.39, 0.29) is 0 Å². The maximum absolute atomic E-state index is 3.77. The van der Waals surface area contributed by atoms with E-state index in [1.807, 2.05) is 11.8 Å². The van der Waals surface area contributed by atoms with Gasteiger partial charge in [0.1, 0.15) is 0 Å². The first-order valence-electron chi connectivity index (χ1n) is 3.90.